The van der Waals surface area contributed by atoms with Crippen molar-refractivity contribution in [3.63, 3.8) is 0 Å². The molecule has 0 saturated carbocycles. The Kier molecular flexibility index (Phi) is 5.27. The molecule has 0 saturated heterocycles. The minimum atomic E-state index is 0.220. The molecule has 0 bridgehead atoms. The van der Waals surface area contributed by atoms with E-state index in [1.165, 1.54) is 59.7 Å². The van der Waals surface area contributed by atoms with Crippen LogP contribution in [0, 0.1) is 0 Å². The summed E-state index contributed by atoms with van der Waals surface area (Å²) in [4.78, 5) is 0. The summed E-state index contributed by atoms with van der Waals surface area (Å²) in [6.07, 6.45) is 9.58. The van der Waals surface area contributed by atoms with Gasteiger partial charge in [-0.1, -0.05) is 64.4 Å². The van der Waals surface area contributed by atoms with Crippen molar-refractivity contribution in [1.29, 1.82) is 0 Å². The fraction of sp³-hybridized carbons (Fsp3) is 0.444. The average molecular weight is 373 g/mol. The van der Waals surface area contributed by atoms with Gasteiger partial charge in [0.1, 0.15) is 0 Å². The van der Waals surface area contributed by atoms with Gasteiger partial charge in [0.15, 0.2) is 12.2 Å². The van der Waals surface area contributed by atoms with Crippen molar-refractivity contribution in [3.8, 4) is 11.3 Å². The molecular weight excluding hydrogens is 338 g/mol. The van der Waals surface area contributed by atoms with Gasteiger partial charge in [0, 0.05) is 12.5 Å². The van der Waals surface area contributed by atoms with E-state index in [0.717, 1.165) is 6.42 Å². The SMILES string of the molecule is CCCCc1ccc2c3[n+](ccc2c1)C(CC)C(CC)(CC)c1ccccc1-3. The smallest absolute Gasteiger partial charge is 0.194 e. The molecule has 1 nitrogen and oxygen atoms in total. The highest BCUT2D eigenvalue weighted by Gasteiger charge is 2.49. The van der Waals surface area contributed by atoms with Crippen molar-refractivity contribution in [2.75, 3.05) is 0 Å². The van der Waals surface area contributed by atoms with E-state index in [2.05, 4.69) is 87.0 Å². The molecule has 0 N–H and O–H groups in total. The van der Waals surface area contributed by atoms with Crippen LogP contribution in [0.25, 0.3) is 22.0 Å². The second kappa shape index (κ2) is 7.70. The third-order valence-corrected chi connectivity index (χ3v) is 7.20. The number of rotatable bonds is 6. The molecule has 1 aliphatic heterocycles. The number of pyridine rings is 1. The van der Waals surface area contributed by atoms with Gasteiger partial charge in [-0.2, -0.15) is 4.57 Å². The summed E-state index contributed by atoms with van der Waals surface area (Å²) < 4.78 is 2.60. The first-order valence-corrected chi connectivity index (χ1v) is 11.3. The molecule has 4 rings (SSSR count). The maximum absolute atomic E-state index is 2.60. The monoisotopic (exact) mass is 372 g/mol. The molecule has 1 atom stereocenters. The maximum atomic E-state index is 2.60. The van der Waals surface area contributed by atoms with Crippen LogP contribution < -0.4 is 4.57 Å². The first-order valence-electron chi connectivity index (χ1n) is 11.3. The topological polar surface area (TPSA) is 3.88 Å². The first-order chi connectivity index (χ1) is 13.7. The Hall–Kier alpha value is -2.15. The van der Waals surface area contributed by atoms with Gasteiger partial charge in [0.2, 0.25) is 5.69 Å². The Morgan fingerprint density at radius 1 is 0.929 bits per heavy atom. The van der Waals surface area contributed by atoms with Gasteiger partial charge in [-0.15, -0.1) is 0 Å². The number of aromatic nitrogens is 1. The third-order valence-electron chi connectivity index (χ3n) is 7.20. The zero-order valence-electron chi connectivity index (χ0n) is 18.0. The lowest BCUT2D eigenvalue weighted by molar-refractivity contribution is -0.724. The van der Waals surface area contributed by atoms with Gasteiger partial charge < -0.3 is 0 Å². The van der Waals surface area contributed by atoms with Crippen LogP contribution in [-0.2, 0) is 11.8 Å². The van der Waals surface area contributed by atoms with Crippen LogP contribution in [-0.4, -0.2) is 0 Å². The molecule has 0 amide bonds. The van der Waals surface area contributed by atoms with E-state index in [4.69, 9.17) is 0 Å². The van der Waals surface area contributed by atoms with Crippen LogP contribution >= 0.6 is 0 Å². The lowest BCUT2D eigenvalue weighted by atomic mass is 9.65. The number of fused-ring (bicyclic) bond motifs is 5. The molecule has 1 aliphatic rings. The number of nitrogens with zero attached hydrogens (tertiary/aromatic N) is 1. The number of hydrogen-bond acceptors (Lipinski definition) is 0. The quantitative estimate of drug-likeness (QED) is 0.404. The summed E-state index contributed by atoms with van der Waals surface area (Å²) in [6.45, 7) is 9.36. The molecular formula is C27H34N+. The largest absolute Gasteiger partial charge is 0.220 e. The summed E-state index contributed by atoms with van der Waals surface area (Å²) in [5.41, 5.74) is 6.08. The standard InChI is InChI=1S/C27H34N/c1-5-9-12-20-15-16-22-21(19-20)17-18-28-25(6-2)27(7-3,8-4)24-14-11-10-13-23(24)26(22)28/h10-11,13-19,25H,5-9,12H2,1-4H3/q+1. The van der Waals surface area contributed by atoms with Crippen molar-refractivity contribution in [1.82, 2.24) is 0 Å². The van der Waals surface area contributed by atoms with Crippen LogP contribution in [0.3, 0.4) is 0 Å². The van der Waals surface area contributed by atoms with Crippen LogP contribution in [0.4, 0.5) is 0 Å². The average Bonchev–Trinajstić information content (AvgIpc) is 2.76. The van der Waals surface area contributed by atoms with Gasteiger partial charge in [-0.05, 0) is 54.3 Å². The predicted octanol–water partition coefficient (Wildman–Crippen LogP) is 7.16. The summed E-state index contributed by atoms with van der Waals surface area (Å²) in [5.74, 6) is 0. The maximum Gasteiger partial charge on any atom is 0.220 e. The first kappa shape index (κ1) is 19.2. The molecule has 2 heterocycles. The van der Waals surface area contributed by atoms with E-state index in [1.54, 1.807) is 5.56 Å². The van der Waals surface area contributed by atoms with E-state index >= 15 is 0 Å². The van der Waals surface area contributed by atoms with Crippen LogP contribution in [0.1, 0.15) is 77.0 Å². The summed E-state index contributed by atoms with van der Waals surface area (Å²) >= 11 is 0. The second-order valence-corrected chi connectivity index (χ2v) is 8.43. The molecule has 0 aliphatic carbocycles. The zero-order chi connectivity index (χ0) is 19.7. The Morgan fingerprint density at radius 2 is 1.71 bits per heavy atom. The molecule has 0 radical (unpaired) electrons. The lowest BCUT2D eigenvalue weighted by Crippen LogP contribution is -2.55. The van der Waals surface area contributed by atoms with Crippen molar-refractivity contribution in [3.05, 3.63) is 65.9 Å². The number of aryl methyl sites for hydroxylation is 1. The Bertz CT molecular complexity index is 981. The molecule has 0 spiro atoms. The van der Waals surface area contributed by atoms with E-state index in [-0.39, 0.29) is 5.41 Å². The minimum Gasteiger partial charge on any atom is -0.194 e. The molecule has 0 fully saturated rings. The minimum absolute atomic E-state index is 0.220. The highest BCUT2D eigenvalue weighted by molar-refractivity contribution is 5.94. The molecule has 28 heavy (non-hydrogen) atoms. The predicted molar refractivity (Wildman–Crippen MR) is 120 cm³/mol. The van der Waals surface area contributed by atoms with Crippen LogP contribution in [0.5, 0.6) is 0 Å². The van der Waals surface area contributed by atoms with Gasteiger partial charge in [-0.3, -0.25) is 0 Å². The summed E-state index contributed by atoms with van der Waals surface area (Å²) in [6, 6.07) is 19.2. The van der Waals surface area contributed by atoms with E-state index in [0.29, 0.717) is 6.04 Å². The second-order valence-electron chi connectivity index (χ2n) is 8.43. The van der Waals surface area contributed by atoms with Gasteiger partial charge in [0.05, 0.1) is 16.4 Å². The van der Waals surface area contributed by atoms with E-state index in [9.17, 15) is 0 Å². The fourth-order valence-corrected chi connectivity index (χ4v) is 5.68. The van der Waals surface area contributed by atoms with Crippen LogP contribution in [0.2, 0.25) is 0 Å². The van der Waals surface area contributed by atoms with Crippen molar-refractivity contribution in [2.45, 2.75) is 77.7 Å². The zero-order valence-corrected chi connectivity index (χ0v) is 18.0. The third kappa shape index (κ3) is 2.79. The number of benzene rings is 2. The number of unbranched alkanes of at least 4 members (excludes halogenated alkanes) is 1. The lowest BCUT2D eigenvalue weighted by Gasteiger charge is -2.41. The Labute approximate surface area is 170 Å². The van der Waals surface area contributed by atoms with Crippen molar-refractivity contribution >= 4 is 10.8 Å². The molecule has 2 aromatic carbocycles. The molecule has 1 heteroatoms. The highest BCUT2D eigenvalue weighted by atomic mass is 15.0. The van der Waals surface area contributed by atoms with Gasteiger partial charge in [0.25, 0.3) is 0 Å². The van der Waals surface area contributed by atoms with E-state index < -0.39 is 0 Å². The molecule has 3 aromatic rings. The molecule has 1 aromatic heterocycles. The molecule has 1 unspecified atom stereocenters. The highest BCUT2D eigenvalue weighted by Crippen LogP contribution is 2.49. The summed E-state index contributed by atoms with van der Waals surface area (Å²) in [5, 5.41) is 2.78. The number of hydrogen-bond donors (Lipinski definition) is 0. The Morgan fingerprint density at radius 3 is 2.43 bits per heavy atom. The molecule has 146 valence electrons. The van der Waals surface area contributed by atoms with Gasteiger partial charge in [-0.25, -0.2) is 0 Å². The van der Waals surface area contributed by atoms with E-state index in [1.807, 2.05) is 0 Å². The van der Waals surface area contributed by atoms with Crippen molar-refractivity contribution in [2.24, 2.45) is 0 Å². The Balaban J connectivity index is 1.99. The van der Waals surface area contributed by atoms with Crippen LogP contribution in [0.15, 0.2) is 54.7 Å². The fourth-order valence-electron chi connectivity index (χ4n) is 5.68. The van der Waals surface area contributed by atoms with Gasteiger partial charge >= 0.3 is 0 Å². The van der Waals surface area contributed by atoms with Crippen molar-refractivity contribution < 1.29 is 4.57 Å². The summed E-state index contributed by atoms with van der Waals surface area (Å²) in [7, 11) is 0. The normalized spacial score (nSPS) is 17.4.